The van der Waals surface area contributed by atoms with Crippen molar-refractivity contribution in [2.45, 2.75) is 69.9 Å². The van der Waals surface area contributed by atoms with Crippen LogP contribution in [-0.4, -0.2) is 75.5 Å². The molecule has 2 aliphatic heterocycles. The van der Waals surface area contributed by atoms with Gasteiger partial charge in [0, 0.05) is 50.9 Å². The molecule has 0 aliphatic carbocycles. The number of benzene rings is 1. The van der Waals surface area contributed by atoms with Gasteiger partial charge in [0.25, 0.3) is 0 Å². The van der Waals surface area contributed by atoms with Crippen LogP contribution in [0, 0.1) is 5.92 Å². The summed E-state index contributed by atoms with van der Waals surface area (Å²) in [7, 11) is 0. The van der Waals surface area contributed by atoms with E-state index in [0.29, 0.717) is 12.3 Å². The number of carboxylic acid groups (broad SMARTS) is 2. The first-order valence-corrected chi connectivity index (χ1v) is 13.7. The number of para-hydroxylation sites is 1. The highest BCUT2D eigenvalue weighted by Crippen LogP contribution is 2.46. The highest BCUT2D eigenvalue weighted by molar-refractivity contribution is 5.77. The van der Waals surface area contributed by atoms with Crippen molar-refractivity contribution < 1.29 is 55.7 Å². The van der Waals surface area contributed by atoms with E-state index in [-0.39, 0.29) is 17.4 Å². The van der Waals surface area contributed by atoms with Crippen LogP contribution in [0.5, 0.6) is 5.75 Å². The second-order valence-corrected chi connectivity index (χ2v) is 10.9. The zero-order valence-electron chi connectivity index (χ0n) is 24.1. The lowest BCUT2D eigenvalue weighted by Gasteiger charge is -2.47. The van der Waals surface area contributed by atoms with Gasteiger partial charge in [-0.2, -0.15) is 26.3 Å². The summed E-state index contributed by atoms with van der Waals surface area (Å²) in [4.78, 5) is 37.1. The van der Waals surface area contributed by atoms with E-state index in [9.17, 15) is 31.1 Å². The van der Waals surface area contributed by atoms with E-state index in [2.05, 4.69) is 53.3 Å². The second kappa shape index (κ2) is 15.7. The fourth-order valence-electron chi connectivity index (χ4n) is 4.72. The van der Waals surface area contributed by atoms with Crippen LogP contribution < -0.4 is 10.1 Å². The van der Waals surface area contributed by atoms with Crippen molar-refractivity contribution in [2.24, 2.45) is 5.92 Å². The lowest BCUT2D eigenvalue weighted by atomic mass is 9.76. The monoisotopic (exact) mass is 635 g/mol. The molecule has 15 heteroatoms. The van der Waals surface area contributed by atoms with Crippen molar-refractivity contribution >= 4 is 17.8 Å². The van der Waals surface area contributed by atoms with E-state index in [1.165, 1.54) is 11.1 Å². The number of ether oxygens (including phenoxy) is 1. The van der Waals surface area contributed by atoms with E-state index in [4.69, 9.17) is 24.5 Å². The number of hydrogen-bond donors (Lipinski definition) is 3. The summed E-state index contributed by atoms with van der Waals surface area (Å²) in [5.41, 5.74) is 2.27. The third-order valence-corrected chi connectivity index (χ3v) is 6.82. The number of hydrogen-bond acceptors (Lipinski definition) is 6. The summed E-state index contributed by atoms with van der Waals surface area (Å²) >= 11 is 0. The molecule has 1 spiro atoms. The van der Waals surface area contributed by atoms with E-state index >= 15 is 0 Å². The fourth-order valence-corrected chi connectivity index (χ4v) is 4.72. The largest absolute Gasteiger partial charge is 0.490 e. The molecule has 244 valence electrons. The molecule has 3 heterocycles. The normalized spacial score (nSPS) is 17.6. The van der Waals surface area contributed by atoms with Crippen LogP contribution in [-0.2, 0) is 20.9 Å². The number of aromatic nitrogens is 1. The average Bonchev–Trinajstić information content (AvgIpc) is 2.93. The van der Waals surface area contributed by atoms with Crippen LogP contribution in [0.4, 0.5) is 26.3 Å². The first kappa shape index (κ1) is 36.3. The van der Waals surface area contributed by atoms with Crippen molar-refractivity contribution in [1.82, 2.24) is 15.2 Å². The molecular weight excluding hydrogens is 600 g/mol. The minimum Gasteiger partial charge on any atom is -0.487 e. The average molecular weight is 636 g/mol. The van der Waals surface area contributed by atoms with Crippen LogP contribution in [0.15, 0.2) is 48.8 Å². The molecule has 1 fully saturated rings. The Morgan fingerprint density at radius 1 is 1.00 bits per heavy atom. The summed E-state index contributed by atoms with van der Waals surface area (Å²) in [6.07, 6.45) is -2.96. The number of likely N-dealkylation sites (tertiary alicyclic amines) is 1. The molecule has 2 aromatic rings. The number of fused-ring (bicyclic) bond motifs is 1. The van der Waals surface area contributed by atoms with Crippen LogP contribution in [0.3, 0.4) is 0 Å². The fraction of sp³-hybridized carbons (Fsp3) is 0.517. The Hall–Kier alpha value is -3.88. The molecule has 1 aromatic carbocycles. The lowest BCUT2D eigenvalue weighted by molar-refractivity contribution is -0.193. The second-order valence-electron chi connectivity index (χ2n) is 10.9. The highest BCUT2D eigenvalue weighted by Gasteiger charge is 2.43. The molecule has 0 bridgehead atoms. The number of nitrogens with zero attached hydrogens (tertiary/aromatic N) is 2. The summed E-state index contributed by atoms with van der Waals surface area (Å²) in [5.74, 6) is -3.72. The SMILES string of the molecule is CC(C)CNC(=O)CC1CC2(CCN(Cc3cccnc3)CC2)Oc2ccccc21.O=C(O)C(F)(F)F.O=C(O)C(F)(F)F. The van der Waals surface area contributed by atoms with Crippen molar-refractivity contribution in [3.05, 3.63) is 59.9 Å². The lowest BCUT2D eigenvalue weighted by Crippen LogP contribution is -2.50. The molecule has 1 unspecified atom stereocenters. The van der Waals surface area contributed by atoms with Crippen LogP contribution in [0.25, 0.3) is 0 Å². The topological polar surface area (TPSA) is 129 Å². The molecule has 2 aliphatic rings. The van der Waals surface area contributed by atoms with Gasteiger partial charge in [0.2, 0.25) is 5.91 Å². The maximum atomic E-state index is 12.6. The van der Waals surface area contributed by atoms with Gasteiger partial charge in [0.1, 0.15) is 11.4 Å². The number of amides is 1. The number of rotatable bonds is 6. The number of pyridine rings is 1. The predicted octanol–water partition coefficient (Wildman–Crippen LogP) is 5.41. The van der Waals surface area contributed by atoms with Crippen molar-refractivity contribution in [1.29, 1.82) is 0 Å². The number of carbonyl (C=O) groups excluding carboxylic acids is 1. The molecule has 1 aromatic heterocycles. The molecule has 4 rings (SSSR count). The summed E-state index contributed by atoms with van der Waals surface area (Å²) in [6.45, 7) is 7.92. The van der Waals surface area contributed by atoms with Crippen LogP contribution >= 0.6 is 0 Å². The van der Waals surface area contributed by atoms with E-state index < -0.39 is 24.3 Å². The number of alkyl halides is 6. The smallest absolute Gasteiger partial charge is 0.487 e. The molecule has 44 heavy (non-hydrogen) atoms. The maximum Gasteiger partial charge on any atom is 0.490 e. The first-order chi connectivity index (χ1) is 20.4. The molecule has 1 amide bonds. The Labute approximate surface area is 250 Å². The van der Waals surface area contributed by atoms with Gasteiger partial charge in [-0.3, -0.25) is 14.7 Å². The van der Waals surface area contributed by atoms with Crippen molar-refractivity contribution in [3.8, 4) is 5.75 Å². The molecule has 1 saturated heterocycles. The number of halogens is 6. The number of piperidine rings is 1. The van der Waals surface area contributed by atoms with Crippen molar-refractivity contribution in [3.63, 3.8) is 0 Å². The Bertz CT molecular complexity index is 1210. The van der Waals surface area contributed by atoms with Crippen LogP contribution in [0.2, 0.25) is 0 Å². The van der Waals surface area contributed by atoms with E-state index in [1.54, 1.807) is 0 Å². The maximum absolute atomic E-state index is 12.6. The minimum atomic E-state index is -5.08. The molecule has 3 N–H and O–H groups in total. The number of aliphatic carboxylic acids is 2. The van der Waals surface area contributed by atoms with Crippen LogP contribution in [0.1, 0.15) is 56.6 Å². The van der Waals surface area contributed by atoms with Gasteiger partial charge in [0.05, 0.1) is 0 Å². The Morgan fingerprint density at radius 3 is 2.07 bits per heavy atom. The minimum absolute atomic E-state index is 0.148. The summed E-state index contributed by atoms with van der Waals surface area (Å²) in [6, 6.07) is 12.4. The van der Waals surface area contributed by atoms with Gasteiger partial charge in [-0.05, 0) is 48.4 Å². The molecule has 0 radical (unpaired) electrons. The Morgan fingerprint density at radius 2 is 1.57 bits per heavy atom. The van der Waals surface area contributed by atoms with Gasteiger partial charge >= 0.3 is 24.3 Å². The molecular formula is C29H35F6N3O6. The van der Waals surface area contributed by atoms with Gasteiger partial charge in [-0.25, -0.2) is 9.59 Å². The number of carbonyl (C=O) groups is 3. The van der Waals surface area contributed by atoms with Gasteiger partial charge < -0.3 is 20.3 Å². The Balaban J connectivity index is 0.000000402. The molecule has 9 nitrogen and oxygen atoms in total. The zero-order valence-corrected chi connectivity index (χ0v) is 24.1. The van der Waals surface area contributed by atoms with E-state index in [1.807, 2.05) is 24.5 Å². The third-order valence-electron chi connectivity index (χ3n) is 6.82. The Kier molecular flexibility index (Phi) is 13.0. The quantitative estimate of drug-likeness (QED) is 0.360. The van der Waals surface area contributed by atoms with E-state index in [0.717, 1.165) is 51.2 Å². The van der Waals surface area contributed by atoms with Crippen molar-refractivity contribution in [2.75, 3.05) is 19.6 Å². The highest BCUT2D eigenvalue weighted by atomic mass is 19.4. The summed E-state index contributed by atoms with van der Waals surface area (Å²) in [5, 5.41) is 17.3. The number of carboxylic acids is 2. The first-order valence-electron chi connectivity index (χ1n) is 13.7. The van der Waals surface area contributed by atoms with Gasteiger partial charge in [-0.15, -0.1) is 0 Å². The number of nitrogens with one attached hydrogen (secondary N) is 1. The predicted molar refractivity (Wildman–Crippen MR) is 146 cm³/mol. The zero-order chi connectivity index (χ0) is 33.1. The standard InChI is InChI=1S/C25H33N3O2.2C2HF3O2/c1-19(2)16-27-24(29)14-21-15-25(30-23-8-4-3-7-22(21)23)9-12-28(13-10-25)18-20-6-5-11-26-17-20;2*3-2(4,5)1(6)7/h3-8,11,17,19,21H,9-10,12-16,18H2,1-2H3,(H,27,29);2*(H,6,7). The summed E-state index contributed by atoms with van der Waals surface area (Å²) < 4.78 is 70.1. The third kappa shape index (κ3) is 12.0. The van der Waals surface area contributed by atoms with Gasteiger partial charge in [0.15, 0.2) is 0 Å². The van der Waals surface area contributed by atoms with Gasteiger partial charge in [-0.1, -0.05) is 38.1 Å². The molecule has 1 atom stereocenters. The molecule has 0 saturated carbocycles.